The summed E-state index contributed by atoms with van der Waals surface area (Å²) in [5.74, 6) is -0.126. The van der Waals surface area contributed by atoms with Gasteiger partial charge in [-0.25, -0.2) is 14.4 Å². The molecule has 2 aromatic carbocycles. The number of nitrogens with zero attached hydrogens (tertiary/aromatic N) is 6. The van der Waals surface area contributed by atoms with Gasteiger partial charge in [0.15, 0.2) is 11.6 Å². The third-order valence-corrected chi connectivity index (χ3v) is 9.96. The lowest BCUT2D eigenvalue weighted by Crippen LogP contribution is -2.43. The number of aromatic nitrogens is 3. The smallest absolute Gasteiger partial charge is 0.398 e. The van der Waals surface area contributed by atoms with E-state index in [1.165, 1.54) is 6.07 Å². The summed E-state index contributed by atoms with van der Waals surface area (Å²) in [6.07, 6.45) is 2.56. The summed E-state index contributed by atoms with van der Waals surface area (Å²) < 4.78 is 52.9. The van der Waals surface area contributed by atoms with Gasteiger partial charge in [0.1, 0.15) is 5.69 Å². The zero-order chi connectivity index (χ0) is 35.9. The molecule has 262 valence electrons. The molecule has 2 amide bonds. The Morgan fingerprint density at radius 3 is 2.37 bits per heavy atom. The number of carbonyl (C=O) groups is 2. The molecule has 7 rings (SSSR count). The summed E-state index contributed by atoms with van der Waals surface area (Å²) >= 11 is 0. The Bertz CT molecular complexity index is 2030. The molecule has 1 spiro atoms. The van der Waals surface area contributed by atoms with Gasteiger partial charge in [0.2, 0.25) is 11.8 Å². The maximum Gasteiger partial charge on any atom is 0.433 e. The molecular weight excluding hydrogens is 664 g/mol. The molecule has 3 aliphatic rings. The van der Waals surface area contributed by atoms with Crippen molar-refractivity contribution in [1.82, 2.24) is 24.8 Å². The summed E-state index contributed by atoms with van der Waals surface area (Å²) in [7, 11) is 0. The molecular formula is C37H34F4N8O2. The minimum absolute atomic E-state index is 0.0000557. The molecule has 2 fully saturated rings. The molecule has 0 unspecified atom stereocenters. The van der Waals surface area contributed by atoms with E-state index >= 15 is 0 Å². The summed E-state index contributed by atoms with van der Waals surface area (Å²) in [6, 6.07) is 14.7. The van der Waals surface area contributed by atoms with Crippen molar-refractivity contribution in [3.63, 3.8) is 0 Å². The summed E-state index contributed by atoms with van der Waals surface area (Å²) in [5.41, 5.74) is 8.09. The molecule has 0 saturated carbocycles. The van der Waals surface area contributed by atoms with E-state index in [0.717, 1.165) is 41.4 Å². The molecule has 5 heterocycles. The number of likely N-dealkylation sites (tertiary alicyclic amines) is 1. The number of hydrogen-bond acceptors (Lipinski definition) is 8. The van der Waals surface area contributed by atoms with Crippen LogP contribution >= 0.6 is 0 Å². The number of anilines is 2. The molecule has 0 aliphatic carbocycles. The van der Waals surface area contributed by atoms with Gasteiger partial charge in [0.05, 0.1) is 30.1 Å². The van der Waals surface area contributed by atoms with E-state index in [1.807, 2.05) is 34.1 Å². The van der Waals surface area contributed by atoms with Gasteiger partial charge in [-0.15, -0.1) is 0 Å². The minimum Gasteiger partial charge on any atom is -0.398 e. The van der Waals surface area contributed by atoms with E-state index in [9.17, 15) is 27.2 Å². The maximum absolute atomic E-state index is 13.9. The highest BCUT2D eigenvalue weighted by molar-refractivity contribution is 6.14. The second kappa shape index (κ2) is 13.3. The lowest BCUT2D eigenvalue weighted by atomic mass is 9.85. The van der Waals surface area contributed by atoms with Crippen molar-refractivity contribution in [2.75, 3.05) is 49.9 Å². The van der Waals surface area contributed by atoms with Crippen molar-refractivity contribution in [3.05, 3.63) is 107 Å². The summed E-state index contributed by atoms with van der Waals surface area (Å²) in [5, 5.41) is 8.63. The van der Waals surface area contributed by atoms with Gasteiger partial charge < -0.3 is 15.5 Å². The van der Waals surface area contributed by atoms with Crippen LogP contribution < -0.4 is 10.6 Å². The quantitative estimate of drug-likeness (QED) is 0.149. The van der Waals surface area contributed by atoms with Crippen molar-refractivity contribution in [1.29, 1.82) is 5.41 Å². The van der Waals surface area contributed by atoms with Crippen LogP contribution in [0.25, 0.3) is 17.0 Å². The normalized spacial score (nSPS) is 19.5. The highest BCUT2D eigenvalue weighted by atomic mass is 19.4. The van der Waals surface area contributed by atoms with Crippen LogP contribution in [-0.2, 0) is 15.8 Å². The minimum atomic E-state index is -4.66. The van der Waals surface area contributed by atoms with Gasteiger partial charge in [-0.05, 0) is 67.3 Å². The SMILES string of the molecule is N=C(c1ccnc(C(F)(F)F)c1)c1cc(N2CC[C@]3(CCN(CC(=O)N4CC=C(c5ccc(-c6ncc(F)cn6)cc5)CC4)C3)C2=O)ccc1N. The number of rotatable bonds is 7. The fourth-order valence-corrected chi connectivity index (χ4v) is 7.11. The van der Waals surface area contributed by atoms with Crippen LogP contribution in [0.3, 0.4) is 0 Å². The average molecular weight is 699 g/mol. The number of carbonyl (C=O) groups excluding carboxylic acids is 2. The monoisotopic (exact) mass is 698 g/mol. The maximum atomic E-state index is 13.9. The number of amides is 2. The summed E-state index contributed by atoms with van der Waals surface area (Å²) in [6.45, 7) is 2.74. The van der Waals surface area contributed by atoms with Crippen LogP contribution in [-0.4, -0.2) is 81.5 Å². The van der Waals surface area contributed by atoms with Gasteiger partial charge in [0.25, 0.3) is 0 Å². The molecule has 2 aromatic heterocycles. The zero-order valence-corrected chi connectivity index (χ0v) is 27.5. The molecule has 51 heavy (non-hydrogen) atoms. The molecule has 0 radical (unpaired) electrons. The van der Waals surface area contributed by atoms with Gasteiger partial charge in [0, 0.05) is 60.4 Å². The van der Waals surface area contributed by atoms with E-state index in [4.69, 9.17) is 11.1 Å². The van der Waals surface area contributed by atoms with Crippen LogP contribution in [0.4, 0.5) is 28.9 Å². The Labute approximate surface area is 291 Å². The van der Waals surface area contributed by atoms with Gasteiger partial charge in [-0.2, -0.15) is 13.2 Å². The van der Waals surface area contributed by atoms with Crippen LogP contribution in [0.1, 0.15) is 41.6 Å². The Kier molecular flexibility index (Phi) is 8.87. The number of alkyl halides is 3. The van der Waals surface area contributed by atoms with Gasteiger partial charge in [-0.3, -0.25) is 24.9 Å². The largest absolute Gasteiger partial charge is 0.433 e. The van der Waals surface area contributed by atoms with E-state index in [1.54, 1.807) is 23.1 Å². The lowest BCUT2D eigenvalue weighted by Gasteiger charge is -2.29. The molecule has 3 aliphatic heterocycles. The van der Waals surface area contributed by atoms with Crippen molar-refractivity contribution in [2.24, 2.45) is 5.41 Å². The lowest BCUT2D eigenvalue weighted by molar-refractivity contribution is -0.141. The molecule has 4 aromatic rings. The third-order valence-electron chi connectivity index (χ3n) is 9.96. The summed E-state index contributed by atoms with van der Waals surface area (Å²) in [4.78, 5) is 44.2. The standard InChI is InChI=1S/C37H34F4N8O2/c38-27-19-45-34(46-20-27)25-3-1-23(2-4-25)24-8-13-48(14-9-24)32(50)21-47-15-10-36(22-47)11-16-49(35(36)51)28-5-6-30(42)29(18-28)33(43)26-7-12-44-31(17-26)37(39,40)41/h1-8,12,17-20,43H,9-11,13-16,21-22,42H2/t36-/m0/s1. The molecule has 1 atom stereocenters. The topological polar surface area (TPSA) is 132 Å². The fourth-order valence-electron chi connectivity index (χ4n) is 7.11. The first-order valence-corrected chi connectivity index (χ1v) is 16.5. The number of nitrogens with one attached hydrogen (secondary N) is 1. The van der Waals surface area contributed by atoms with E-state index in [2.05, 4.69) is 21.0 Å². The van der Waals surface area contributed by atoms with Crippen molar-refractivity contribution >= 4 is 34.5 Å². The Morgan fingerprint density at radius 1 is 0.941 bits per heavy atom. The number of nitrogen functional groups attached to an aromatic ring is 1. The number of hydrogen-bond donors (Lipinski definition) is 2. The first-order valence-electron chi connectivity index (χ1n) is 16.5. The van der Waals surface area contributed by atoms with Gasteiger partial charge >= 0.3 is 6.18 Å². The number of nitrogens with two attached hydrogens (primary N) is 1. The van der Waals surface area contributed by atoms with Crippen LogP contribution in [0.15, 0.2) is 79.3 Å². The van der Waals surface area contributed by atoms with Crippen LogP contribution in [0.2, 0.25) is 0 Å². The van der Waals surface area contributed by atoms with E-state index in [-0.39, 0.29) is 40.9 Å². The highest BCUT2D eigenvalue weighted by Gasteiger charge is 2.51. The van der Waals surface area contributed by atoms with Crippen molar-refractivity contribution < 1.29 is 27.2 Å². The fraction of sp³-hybridized carbons (Fsp3) is 0.297. The van der Waals surface area contributed by atoms with Crippen LogP contribution in [0, 0.1) is 16.6 Å². The Morgan fingerprint density at radius 2 is 1.67 bits per heavy atom. The Balaban J connectivity index is 0.962. The van der Waals surface area contributed by atoms with E-state index < -0.39 is 23.1 Å². The number of pyridine rings is 1. The van der Waals surface area contributed by atoms with Gasteiger partial charge in [-0.1, -0.05) is 30.3 Å². The number of halogens is 4. The predicted octanol–water partition coefficient (Wildman–Crippen LogP) is 5.44. The molecule has 14 heteroatoms. The Hall–Kier alpha value is -5.50. The number of benzene rings is 2. The van der Waals surface area contributed by atoms with E-state index in [0.29, 0.717) is 63.5 Å². The second-order valence-corrected chi connectivity index (χ2v) is 13.1. The first kappa shape index (κ1) is 34.0. The first-order chi connectivity index (χ1) is 24.4. The second-order valence-electron chi connectivity index (χ2n) is 13.1. The molecule has 10 nitrogen and oxygen atoms in total. The highest BCUT2D eigenvalue weighted by Crippen LogP contribution is 2.43. The van der Waals surface area contributed by atoms with Crippen LogP contribution in [0.5, 0.6) is 0 Å². The van der Waals surface area contributed by atoms with Crippen molar-refractivity contribution in [3.8, 4) is 11.4 Å². The zero-order valence-electron chi connectivity index (χ0n) is 27.5. The molecule has 2 saturated heterocycles. The molecule has 0 bridgehead atoms. The third kappa shape index (κ3) is 6.83. The average Bonchev–Trinajstić information content (AvgIpc) is 3.70. The van der Waals surface area contributed by atoms with Crippen molar-refractivity contribution in [2.45, 2.75) is 25.4 Å². The predicted molar refractivity (Wildman–Crippen MR) is 183 cm³/mol. The molecule has 3 N–H and O–H groups in total.